The van der Waals surface area contributed by atoms with Crippen molar-refractivity contribution in [2.24, 2.45) is 57.5 Å². The normalized spacial score (nSPS) is 17.4. The van der Waals surface area contributed by atoms with Crippen molar-refractivity contribution in [2.45, 2.75) is 142 Å². The van der Waals surface area contributed by atoms with E-state index in [0.29, 0.717) is 12.0 Å². The van der Waals surface area contributed by atoms with Crippen LogP contribution in [0.2, 0.25) is 0 Å². The fourth-order valence-electron chi connectivity index (χ4n) is 7.70. The van der Waals surface area contributed by atoms with E-state index in [4.69, 9.17) is 22.9 Å². The van der Waals surface area contributed by atoms with Gasteiger partial charge in [-0.05, 0) is 81.4 Å². The van der Waals surface area contributed by atoms with Gasteiger partial charge >= 0.3 is 5.97 Å². The van der Waals surface area contributed by atoms with E-state index in [9.17, 15) is 58.5 Å². The van der Waals surface area contributed by atoms with Crippen molar-refractivity contribution in [3.8, 4) is 5.75 Å². The first-order chi connectivity index (χ1) is 30.8. The number of phenolic OH excluding ortho intramolecular Hbond substituents is 1. The molecule has 0 aromatic heterocycles. The minimum atomic E-state index is -1.54. The van der Waals surface area contributed by atoms with E-state index in [1.165, 1.54) is 30.9 Å². The molecule has 5 amide bonds. The number of amides is 5. The van der Waals surface area contributed by atoms with Gasteiger partial charge in [-0.2, -0.15) is 0 Å². The number of carboxylic acid groups (broad SMARTS) is 1. The summed E-state index contributed by atoms with van der Waals surface area (Å²) >= 11 is 0. The number of rotatable bonds is 30. The highest BCUT2D eigenvalue weighted by Gasteiger charge is 2.41. The van der Waals surface area contributed by atoms with Crippen LogP contribution in [0.4, 0.5) is 0 Å². The zero-order valence-electron chi connectivity index (χ0n) is 38.9. The highest BCUT2D eigenvalue weighted by molar-refractivity contribution is 5.97. The molecule has 1 aliphatic rings. The first-order valence-corrected chi connectivity index (χ1v) is 22.4. The summed E-state index contributed by atoms with van der Waals surface area (Å²) in [5, 5.41) is 37.8. The molecule has 14 N–H and O–H groups in total. The summed E-state index contributed by atoms with van der Waals surface area (Å²) in [4.78, 5) is 124. The number of primary amides is 1. The largest absolute Gasteiger partial charge is 0.508 e. The lowest BCUT2D eigenvalue weighted by molar-refractivity contribution is -0.139. The number of benzene rings is 1. The number of Topliss-reactive ketones (excluding diaryl/α,β-unsaturated/α-hetero) is 3. The maximum Gasteiger partial charge on any atom is 0.303 e. The molecular formula is C45H71N9O12. The summed E-state index contributed by atoms with van der Waals surface area (Å²) in [5.74, 6) is -9.74. The molecule has 1 aromatic rings. The third-order valence-corrected chi connectivity index (χ3v) is 11.5. The molecule has 0 spiro atoms. The number of likely N-dealkylation sites (tertiary alicyclic amines) is 1. The number of guanidine groups is 1. The van der Waals surface area contributed by atoms with Crippen molar-refractivity contribution < 1.29 is 58.5 Å². The molecule has 1 heterocycles. The van der Waals surface area contributed by atoms with Crippen molar-refractivity contribution in [3.63, 3.8) is 0 Å². The standard InChI is InChI=1S/C45H71N9O12/c1-23(2)16-34(44(66)51-25(5)41(47)63)54-22-28(19-38(54)60)18-36(58)33(13-14-39(61)62)52-43(65)31(24(3)4)21-37(59)40(26(6)55)53-42(64)29(17-27-9-11-30(56)12-10-27)20-35(57)32(46)8-7-15-50-45(48)49/h9-12,23-26,28-29,31-34,40,55-56H,7-8,13-22,46H2,1-6H3,(H2,47,63)(H,51,66)(H,52,65)(H,53,64)(H,61,62)(H4,48,49,50)/t25-,26-,28+,29+,31-,32-,33-,34-,40-/m1/s1. The highest BCUT2D eigenvalue weighted by atomic mass is 16.4. The lowest BCUT2D eigenvalue weighted by Crippen LogP contribution is -2.53. The van der Waals surface area contributed by atoms with Gasteiger partial charge in [0.05, 0.1) is 18.2 Å². The van der Waals surface area contributed by atoms with Crippen LogP contribution in [0.25, 0.3) is 0 Å². The van der Waals surface area contributed by atoms with Crippen LogP contribution in [0.5, 0.6) is 5.75 Å². The van der Waals surface area contributed by atoms with E-state index in [1.54, 1.807) is 26.0 Å². The Bertz CT molecular complexity index is 1900. The van der Waals surface area contributed by atoms with Crippen molar-refractivity contribution in [1.29, 1.82) is 0 Å². The third-order valence-electron chi connectivity index (χ3n) is 11.5. The van der Waals surface area contributed by atoms with Gasteiger partial charge in [0.25, 0.3) is 0 Å². The molecule has 9 atom stereocenters. The fourth-order valence-corrected chi connectivity index (χ4v) is 7.70. The van der Waals surface area contributed by atoms with Crippen LogP contribution in [0.1, 0.15) is 105 Å². The molecule has 0 aliphatic carbocycles. The summed E-state index contributed by atoms with van der Waals surface area (Å²) in [5.41, 5.74) is 22.8. The maximum absolute atomic E-state index is 13.9. The minimum absolute atomic E-state index is 0.000773. The number of carbonyl (C=O) groups excluding carboxylic acids is 8. The average molecular weight is 930 g/mol. The number of carboxylic acids is 1. The van der Waals surface area contributed by atoms with Crippen molar-refractivity contribution in [2.75, 3.05) is 13.1 Å². The lowest BCUT2D eigenvalue weighted by Gasteiger charge is -2.29. The summed E-state index contributed by atoms with van der Waals surface area (Å²) in [6.45, 7) is 9.94. The zero-order valence-corrected chi connectivity index (χ0v) is 38.9. The average Bonchev–Trinajstić information content (AvgIpc) is 3.58. The number of aliphatic hydroxyl groups is 1. The molecule has 1 aliphatic heterocycles. The number of aliphatic imine (C=N–C) groups is 1. The number of phenols is 1. The number of hydrogen-bond donors (Lipinski definition) is 10. The van der Waals surface area contributed by atoms with Gasteiger partial charge in [0.2, 0.25) is 29.5 Å². The molecular weight excluding hydrogens is 859 g/mol. The number of carbonyl (C=O) groups is 9. The number of aliphatic hydroxyl groups excluding tert-OH is 1. The molecule has 368 valence electrons. The fraction of sp³-hybridized carbons (Fsp3) is 0.644. The van der Waals surface area contributed by atoms with Gasteiger partial charge in [-0.25, -0.2) is 0 Å². The second kappa shape index (κ2) is 26.9. The number of aromatic hydroxyl groups is 1. The van der Waals surface area contributed by atoms with Gasteiger partial charge in [-0.3, -0.25) is 48.1 Å². The van der Waals surface area contributed by atoms with Gasteiger partial charge in [0.1, 0.15) is 29.7 Å². The summed E-state index contributed by atoms with van der Waals surface area (Å²) in [6, 6.07) is 0.171. The van der Waals surface area contributed by atoms with Crippen molar-refractivity contribution in [3.05, 3.63) is 29.8 Å². The van der Waals surface area contributed by atoms with Crippen LogP contribution in [0.3, 0.4) is 0 Å². The molecule has 0 radical (unpaired) electrons. The first-order valence-electron chi connectivity index (χ1n) is 22.4. The minimum Gasteiger partial charge on any atom is -0.508 e. The van der Waals surface area contributed by atoms with Gasteiger partial charge < -0.3 is 59.1 Å². The number of nitrogens with one attached hydrogen (secondary N) is 3. The van der Waals surface area contributed by atoms with Crippen LogP contribution in [-0.2, 0) is 49.6 Å². The number of hydrogen-bond acceptors (Lipinski definition) is 13. The van der Waals surface area contributed by atoms with Crippen LogP contribution >= 0.6 is 0 Å². The Balaban J connectivity index is 2.27. The quantitative estimate of drug-likeness (QED) is 0.0265. The maximum atomic E-state index is 13.9. The number of ketones is 3. The van der Waals surface area contributed by atoms with E-state index in [2.05, 4.69) is 20.9 Å². The molecule has 1 fully saturated rings. The van der Waals surface area contributed by atoms with E-state index in [1.807, 2.05) is 13.8 Å². The molecule has 1 saturated heterocycles. The lowest BCUT2D eigenvalue weighted by atomic mass is 9.86. The van der Waals surface area contributed by atoms with Gasteiger partial charge in [-0.1, -0.05) is 39.8 Å². The van der Waals surface area contributed by atoms with Crippen LogP contribution in [-0.4, -0.2) is 128 Å². The molecule has 21 nitrogen and oxygen atoms in total. The van der Waals surface area contributed by atoms with Crippen molar-refractivity contribution >= 4 is 58.8 Å². The molecule has 2 rings (SSSR count). The third kappa shape index (κ3) is 18.9. The van der Waals surface area contributed by atoms with E-state index in [-0.39, 0.29) is 75.7 Å². The Labute approximate surface area is 385 Å². The second-order valence-corrected chi connectivity index (χ2v) is 18.1. The van der Waals surface area contributed by atoms with E-state index >= 15 is 0 Å². The molecule has 0 saturated carbocycles. The smallest absolute Gasteiger partial charge is 0.303 e. The van der Waals surface area contributed by atoms with Gasteiger partial charge in [-0.15, -0.1) is 0 Å². The Kier molecular flexibility index (Phi) is 22.9. The van der Waals surface area contributed by atoms with Gasteiger partial charge in [0, 0.05) is 57.0 Å². The van der Waals surface area contributed by atoms with Crippen LogP contribution in [0.15, 0.2) is 29.3 Å². The predicted molar refractivity (Wildman–Crippen MR) is 243 cm³/mol. The summed E-state index contributed by atoms with van der Waals surface area (Å²) in [6.07, 6.45) is -2.61. The van der Waals surface area contributed by atoms with Gasteiger partial charge in [0.15, 0.2) is 17.5 Å². The summed E-state index contributed by atoms with van der Waals surface area (Å²) in [7, 11) is 0. The van der Waals surface area contributed by atoms with Crippen LogP contribution < -0.4 is 38.9 Å². The molecule has 21 heteroatoms. The zero-order chi connectivity index (χ0) is 50.0. The Morgan fingerprint density at radius 3 is 2.02 bits per heavy atom. The molecule has 0 unspecified atom stereocenters. The Hall–Kier alpha value is -5.96. The predicted octanol–water partition coefficient (Wildman–Crippen LogP) is -0.450. The number of nitrogens with zero attached hydrogens (tertiary/aromatic N) is 2. The van der Waals surface area contributed by atoms with Crippen LogP contribution in [0, 0.1) is 29.6 Å². The second-order valence-electron chi connectivity index (χ2n) is 18.1. The number of aliphatic carboxylic acids is 1. The topological polar surface area (TPSA) is 370 Å². The molecule has 1 aromatic carbocycles. The molecule has 0 bridgehead atoms. The Morgan fingerprint density at radius 1 is 0.833 bits per heavy atom. The highest BCUT2D eigenvalue weighted by Crippen LogP contribution is 2.28. The van der Waals surface area contributed by atoms with Crippen molar-refractivity contribution in [1.82, 2.24) is 20.9 Å². The monoisotopic (exact) mass is 930 g/mol. The molecule has 66 heavy (non-hydrogen) atoms. The first kappa shape index (κ1) is 56.2. The SMILES string of the molecule is CC(C)C[C@H](C(=O)N[C@H](C)C(N)=O)N1C[C@@H](CC(=O)[C@@H](CCC(=O)O)NC(=O)[C@H](CC(=O)[C@H](NC(=O)[C@H](CC(=O)[C@H](N)CCCN=C(N)N)Cc2ccc(O)cc2)[C@@H](C)O)C(C)C)CC1=O. The van der Waals surface area contributed by atoms with E-state index < -0.39 is 126 Å². The Morgan fingerprint density at radius 2 is 1.47 bits per heavy atom. The van der Waals surface area contributed by atoms with E-state index in [0.717, 1.165) is 0 Å². The summed E-state index contributed by atoms with van der Waals surface area (Å²) < 4.78 is 0. The number of nitrogens with two attached hydrogens (primary N) is 4.